The molecule has 1 aromatic heterocycles. The molecule has 0 radical (unpaired) electrons. The smallest absolute Gasteiger partial charge is 0.303 e. The van der Waals surface area contributed by atoms with Crippen LogP contribution >= 0.6 is 0 Å². The van der Waals surface area contributed by atoms with Gasteiger partial charge in [-0.3, -0.25) is 9.59 Å². The Morgan fingerprint density at radius 1 is 1.42 bits per heavy atom. The maximum absolute atomic E-state index is 11.1. The van der Waals surface area contributed by atoms with Crippen LogP contribution in [0.5, 0.6) is 0 Å². The average Bonchev–Trinajstić information content (AvgIpc) is 2.51. The predicted octanol–water partition coefficient (Wildman–Crippen LogP) is 1.33. The van der Waals surface area contributed by atoms with Crippen molar-refractivity contribution in [2.24, 2.45) is 0 Å². The minimum absolute atomic E-state index is 0.0111. The van der Waals surface area contributed by atoms with Crippen molar-refractivity contribution < 1.29 is 19.1 Å². The molecule has 0 fully saturated rings. The van der Waals surface area contributed by atoms with Crippen LogP contribution in [0, 0.1) is 0 Å². The van der Waals surface area contributed by atoms with Crippen molar-refractivity contribution in [2.45, 2.75) is 12.8 Å². The molecule has 1 rings (SSSR count). The van der Waals surface area contributed by atoms with Gasteiger partial charge < -0.3 is 9.52 Å². The summed E-state index contributed by atoms with van der Waals surface area (Å²) >= 11 is 0. The molecular weight excluding hydrogens is 160 g/mol. The molecular formula is C8H8O4. The van der Waals surface area contributed by atoms with E-state index >= 15 is 0 Å². The molecule has 0 aliphatic carbocycles. The molecule has 0 atom stereocenters. The fourth-order valence-electron chi connectivity index (χ4n) is 0.781. The summed E-state index contributed by atoms with van der Waals surface area (Å²) in [6.07, 6.45) is 1.22. The van der Waals surface area contributed by atoms with Crippen LogP contribution in [-0.4, -0.2) is 16.9 Å². The lowest BCUT2D eigenvalue weighted by Crippen LogP contribution is -2.02. The van der Waals surface area contributed by atoms with Gasteiger partial charge in [0.2, 0.25) is 0 Å². The van der Waals surface area contributed by atoms with Crippen LogP contribution in [0.1, 0.15) is 23.4 Å². The molecule has 0 aliphatic heterocycles. The van der Waals surface area contributed by atoms with Crippen molar-refractivity contribution in [1.82, 2.24) is 0 Å². The first-order valence-electron chi connectivity index (χ1n) is 3.48. The molecule has 64 valence electrons. The molecule has 0 aromatic carbocycles. The Labute approximate surface area is 68.8 Å². The van der Waals surface area contributed by atoms with Crippen LogP contribution in [0.3, 0.4) is 0 Å². The number of ketones is 1. The molecule has 1 aromatic rings. The summed E-state index contributed by atoms with van der Waals surface area (Å²) in [5.41, 5.74) is 0. The zero-order chi connectivity index (χ0) is 8.97. The number of carbonyl (C=O) groups excluding carboxylic acids is 1. The van der Waals surface area contributed by atoms with Gasteiger partial charge in [0.15, 0.2) is 11.5 Å². The highest BCUT2D eigenvalue weighted by Gasteiger charge is 2.09. The summed E-state index contributed by atoms with van der Waals surface area (Å²) in [5, 5.41) is 8.28. The van der Waals surface area contributed by atoms with E-state index in [2.05, 4.69) is 0 Å². The Kier molecular flexibility index (Phi) is 2.63. The third-order valence-corrected chi connectivity index (χ3v) is 1.36. The number of carbonyl (C=O) groups is 2. The van der Waals surface area contributed by atoms with E-state index in [9.17, 15) is 9.59 Å². The molecule has 0 aliphatic rings. The Bertz CT molecular complexity index is 273. The van der Waals surface area contributed by atoms with Crippen molar-refractivity contribution in [3.63, 3.8) is 0 Å². The highest BCUT2D eigenvalue weighted by atomic mass is 16.4. The molecule has 4 heteroatoms. The number of Topliss-reactive ketones (excluding diaryl/α,β-unsaturated/α-hetero) is 1. The van der Waals surface area contributed by atoms with Gasteiger partial charge in [0.1, 0.15) is 0 Å². The average molecular weight is 168 g/mol. The molecule has 0 saturated heterocycles. The molecule has 0 saturated carbocycles. The molecule has 0 bridgehead atoms. The second-order valence-corrected chi connectivity index (χ2v) is 2.29. The largest absolute Gasteiger partial charge is 0.481 e. The molecule has 1 N–H and O–H groups in total. The first kappa shape index (κ1) is 8.52. The van der Waals surface area contributed by atoms with Crippen LogP contribution in [0.25, 0.3) is 0 Å². The molecule has 1 heterocycles. The topological polar surface area (TPSA) is 67.5 Å². The van der Waals surface area contributed by atoms with Gasteiger partial charge in [0.25, 0.3) is 0 Å². The number of furan rings is 1. The van der Waals surface area contributed by atoms with Crippen molar-refractivity contribution in [3.8, 4) is 0 Å². The highest BCUT2D eigenvalue weighted by Crippen LogP contribution is 2.05. The quantitative estimate of drug-likeness (QED) is 0.688. The van der Waals surface area contributed by atoms with E-state index in [1.54, 1.807) is 6.07 Å². The van der Waals surface area contributed by atoms with Crippen molar-refractivity contribution in [3.05, 3.63) is 24.2 Å². The third kappa shape index (κ3) is 2.23. The molecule has 0 unspecified atom stereocenters. The Hall–Kier alpha value is -1.58. The fraction of sp³-hybridized carbons (Fsp3) is 0.250. The summed E-state index contributed by atoms with van der Waals surface area (Å²) < 4.78 is 4.79. The molecule has 0 spiro atoms. The van der Waals surface area contributed by atoms with E-state index in [-0.39, 0.29) is 24.4 Å². The van der Waals surface area contributed by atoms with Crippen molar-refractivity contribution in [2.75, 3.05) is 0 Å². The van der Waals surface area contributed by atoms with Gasteiger partial charge in [-0.05, 0) is 12.1 Å². The predicted molar refractivity (Wildman–Crippen MR) is 39.9 cm³/mol. The van der Waals surface area contributed by atoms with Crippen LogP contribution in [-0.2, 0) is 4.79 Å². The summed E-state index contributed by atoms with van der Waals surface area (Å²) in [7, 11) is 0. The summed E-state index contributed by atoms with van der Waals surface area (Å²) in [4.78, 5) is 21.1. The van der Waals surface area contributed by atoms with E-state index in [4.69, 9.17) is 9.52 Å². The van der Waals surface area contributed by atoms with Crippen LogP contribution < -0.4 is 0 Å². The van der Waals surface area contributed by atoms with E-state index < -0.39 is 5.97 Å². The summed E-state index contributed by atoms with van der Waals surface area (Å²) in [5.74, 6) is -1.03. The number of hydrogen-bond acceptors (Lipinski definition) is 3. The molecule has 12 heavy (non-hydrogen) atoms. The Morgan fingerprint density at radius 3 is 2.67 bits per heavy atom. The second-order valence-electron chi connectivity index (χ2n) is 2.29. The summed E-state index contributed by atoms with van der Waals surface area (Å²) in [6, 6.07) is 3.11. The second kappa shape index (κ2) is 3.71. The Balaban J connectivity index is 2.45. The standard InChI is InChI=1S/C8H8O4/c9-6(3-4-8(10)11)7-2-1-5-12-7/h1-2,5H,3-4H2,(H,10,11). The van der Waals surface area contributed by atoms with E-state index in [1.807, 2.05) is 0 Å². The third-order valence-electron chi connectivity index (χ3n) is 1.36. The highest BCUT2D eigenvalue weighted by molar-refractivity contribution is 5.94. The number of carboxylic acids is 1. The van der Waals surface area contributed by atoms with Crippen LogP contribution in [0.15, 0.2) is 22.8 Å². The normalized spacial score (nSPS) is 9.67. The van der Waals surface area contributed by atoms with Gasteiger partial charge in [0.05, 0.1) is 12.7 Å². The van der Waals surface area contributed by atoms with E-state index in [1.165, 1.54) is 12.3 Å². The van der Waals surface area contributed by atoms with Gasteiger partial charge in [0, 0.05) is 6.42 Å². The van der Waals surface area contributed by atoms with Gasteiger partial charge in [-0.1, -0.05) is 0 Å². The zero-order valence-corrected chi connectivity index (χ0v) is 6.32. The first-order chi connectivity index (χ1) is 5.70. The number of carboxylic acid groups (broad SMARTS) is 1. The monoisotopic (exact) mass is 168 g/mol. The lowest BCUT2D eigenvalue weighted by Gasteiger charge is -1.92. The Morgan fingerprint density at radius 2 is 2.17 bits per heavy atom. The fourth-order valence-corrected chi connectivity index (χ4v) is 0.781. The van der Waals surface area contributed by atoms with Crippen molar-refractivity contribution in [1.29, 1.82) is 0 Å². The molecule has 4 nitrogen and oxygen atoms in total. The van der Waals surface area contributed by atoms with Crippen molar-refractivity contribution >= 4 is 11.8 Å². The lowest BCUT2D eigenvalue weighted by atomic mass is 10.2. The van der Waals surface area contributed by atoms with Gasteiger partial charge in [-0.15, -0.1) is 0 Å². The first-order valence-corrected chi connectivity index (χ1v) is 3.48. The number of aliphatic carboxylic acids is 1. The van der Waals surface area contributed by atoms with Crippen LogP contribution in [0.4, 0.5) is 0 Å². The minimum atomic E-state index is -0.977. The van der Waals surface area contributed by atoms with Gasteiger partial charge >= 0.3 is 5.97 Å². The SMILES string of the molecule is O=C(O)CCC(=O)c1ccco1. The lowest BCUT2D eigenvalue weighted by molar-refractivity contribution is -0.136. The number of hydrogen-bond donors (Lipinski definition) is 1. The number of rotatable bonds is 4. The maximum Gasteiger partial charge on any atom is 0.303 e. The van der Waals surface area contributed by atoms with Gasteiger partial charge in [-0.25, -0.2) is 0 Å². The van der Waals surface area contributed by atoms with E-state index in [0.29, 0.717) is 0 Å². The van der Waals surface area contributed by atoms with Gasteiger partial charge in [-0.2, -0.15) is 0 Å². The van der Waals surface area contributed by atoms with E-state index in [0.717, 1.165) is 0 Å². The maximum atomic E-state index is 11.1. The van der Waals surface area contributed by atoms with Crippen LogP contribution in [0.2, 0.25) is 0 Å². The molecule has 0 amide bonds. The zero-order valence-electron chi connectivity index (χ0n) is 6.32. The summed E-state index contributed by atoms with van der Waals surface area (Å²) in [6.45, 7) is 0. The minimum Gasteiger partial charge on any atom is -0.481 e.